The zero-order chi connectivity index (χ0) is 10.7. The van der Waals surface area contributed by atoms with Crippen LogP contribution in [0.3, 0.4) is 0 Å². The highest BCUT2D eigenvalue weighted by Gasteiger charge is 2.38. The van der Waals surface area contributed by atoms with Gasteiger partial charge >= 0.3 is 0 Å². The predicted molar refractivity (Wildman–Crippen MR) is 66.1 cm³/mol. The summed E-state index contributed by atoms with van der Waals surface area (Å²) >= 11 is 0. The minimum absolute atomic E-state index is 0.940. The second-order valence-electron chi connectivity index (χ2n) is 5.52. The zero-order valence-electron chi connectivity index (χ0n) is 10.5. The lowest BCUT2D eigenvalue weighted by atomic mass is 9.82. The maximum absolute atomic E-state index is 2.87. The molecule has 2 fully saturated rings. The van der Waals surface area contributed by atoms with Crippen molar-refractivity contribution in [2.75, 3.05) is 6.54 Å². The highest BCUT2D eigenvalue weighted by Crippen LogP contribution is 2.38. The minimum atomic E-state index is 0.940. The van der Waals surface area contributed by atoms with E-state index in [0.717, 1.165) is 18.0 Å². The van der Waals surface area contributed by atoms with E-state index in [1.165, 1.54) is 57.9 Å². The molecular weight excluding hydrogens is 182 g/mol. The van der Waals surface area contributed by atoms with Gasteiger partial charge in [0.25, 0.3) is 0 Å². The maximum atomic E-state index is 2.87. The highest BCUT2D eigenvalue weighted by atomic mass is 15.2. The van der Waals surface area contributed by atoms with E-state index in [0.29, 0.717) is 0 Å². The summed E-state index contributed by atoms with van der Waals surface area (Å²) in [4.78, 5) is 2.87. The van der Waals surface area contributed by atoms with Gasteiger partial charge in [0.05, 0.1) is 0 Å². The third-order valence-corrected chi connectivity index (χ3v) is 4.51. The van der Waals surface area contributed by atoms with Crippen LogP contribution in [-0.4, -0.2) is 23.5 Å². The summed E-state index contributed by atoms with van der Waals surface area (Å²) in [6.07, 6.45) is 11.6. The average Bonchev–Trinajstić information content (AvgIpc) is 2.71. The van der Waals surface area contributed by atoms with Crippen molar-refractivity contribution in [3.05, 3.63) is 0 Å². The molecule has 2 saturated heterocycles. The Morgan fingerprint density at radius 3 is 2.53 bits per heavy atom. The van der Waals surface area contributed by atoms with Crippen molar-refractivity contribution >= 4 is 0 Å². The number of rotatable bonds is 4. The molecule has 1 nitrogen and oxygen atoms in total. The Bertz CT molecular complexity index is 170. The molecule has 0 aliphatic carbocycles. The fourth-order valence-electron chi connectivity index (χ4n) is 3.89. The van der Waals surface area contributed by atoms with Crippen LogP contribution in [0.15, 0.2) is 0 Å². The number of hydrogen-bond donors (Lipinski definition) is 0. The van der Waals surface area contributed by atoms with Crippen LogP contribution < -0.4 is 0 Å². The summed E-state index contributed by atoms with van der Waals surface area (Å²) in [6.45, 7) is 6.08. The standard InChI is InChI=1S/C14H27N/c1-3-6-12-9-10-13(7-4-2)15-11-5-8-14(12)15/h12-14H,3-11H2,1-2H3. The third kappa shape index (κ3) is 2.38. The molecule has 0 aromatic carbocycles. The number of nitrogens with zero attached hydrogens (tertiary/aromatic N) is 1. The van der Waals surface area contributed by atoms with Crippen molar-refractivity contribution in [1.82, 2.24) is 4.90 Å². The van der Waals surface area contributed by atoms with Gasteiger partial charge in [0.2, 0.25) is 0 Å². The van der Waals surface area contributed by atoms with Gasteiger partial charge in [-0.25, -0.2) is 0 Å². The fraction of sp³-hybridized carbons (Fsp3) is 1.00. The van der Waals surface area contributed by atoms with E-state index >= 15 is 0 Å². The molecular formula is C14H27N. The normalized spacial score (nSPS) is 36.8. The smallest absolute Gasteiger partial charge is 0.0127 e. The van der Waals surface area contributed by atoms with Crippen molar-refractivity contribution in [1.29, 1.82) is 0 Å². The third-order valence-electron chi connectivity index (χ3n) is 4.51. The Morgan fingerprint density at radius 1 is 1.00 bits per heavy atom. The van der Waals surface area contributed by atoms with Crippen LogP contribution in [0.2, 0.25) is 0 Å². The number of fused-ring (bicyclic) bond motifs is 1. The maximum Gasteiger partial charge on any atom is 0.0127 e. The summed E-state index contributed by atoms with van der Waals surface area (Å²) in [5, 5.41) is 0. The van der Waals surface area contributed by atoms with Crippen molar-refractivity contribution in [3.8, 4) is 0 Å². The van der Waals surface area contributed by atoms with Gasteiger partial charge in [-0.2, -0.15) is 0 Å². The van der Waals surface area contributed by atoms with E-state index in [2.05, 4.69) is 18.7 Å². The molecule has 3 atom stereocenters. The second-order valence-corrected chi connectivity index (χ2v) is 5.52. The van der Waals surface area contributed by atoms with Crippen LogP contribution >= 0.6 is 0 Å². The lowest BCUT2D eigenvalue weighted by Gasteiger charge is -2.43. The molecule has 88 valence electrons. The molecule has 0 bridgehead atoms. The van der Waals surface area contributed by atoms with Crippen molar-refractivity contribution < 1.29 is 0 Å². The quantitative estimate of drug-likeness (QED) is 0.680. The van der Waals surface area contributed by atoms with Crippen molar-refractivity contribution in [2.24, 2.45) is 5.92 Å². The monoisotopic (exact) mass is 209 g/mol. The SMILES string of the molecule is CCCC1CCC(CCC)N2CCCC12. The summed E-state index contributed by atoms with van der Waals surface area (Å²) in [5.74, 6) is 1.03. The van der Waals surface area contributed by atoms with Gasteiger partial charge < -0.3 is 0 Å². The predicted octanol–water partition coefficient (Wildman–Crippen LogP) is 3.83. The first-order valence-corrected chi connectivity index (χ1v) is 7.12. The van der Waals surface area contributed by atoms with Gasteiger partial charge in [0.1, 0.15) is 0 Å². The van der Waals surface area contributed by atoms with Gasteiger partial charge in [-0.1, -0.05) is 26.7 Å². The molecule has 0 aromatic heterocycles. The van der Waals surface area contributed by atoms with Gasteiger partial charge in [-0.3, -0.25) is 4.90 Å². The Morgan fingerprint density at radius 2 is 1.80 bits per heavy atom. The zero-order valence-corrected chi connectivity index (χ0v) is 10.5. The summed E-state index contributed by atoms with van der Waals surface area (Å²) < 4.78 is 0. The summed E-state index contributed by atoms with van der Waals surface area (Å²) in [7, 11) is 0. The number of hydrogen-bond acceptors (Lipinski definition) is 1. The van der Waals surface area contributed by atoms with Gasteiger partial charge in [0.15, 0.2) is 0 Å². The summed E-state index contributed by atoms with van der Waals surface area (Å²) in [6, 6.07) is 1.91. The second kappa shape index (κ2) is 5.34. The van der Waals surface area contributed by atoms with E-state index < -0.39 is 0 Å². The first-order chi connectivity index (χ1) is 7.36. The first kappa shape index (κ1) is 11.4. The van der Waals surface area contributed by atoms with Gasteiger partial charge in [-0.15, -0.1) is 0 Å². The van der Waals surface area contributed by atoms with E-state index in [1.54, 1.807) is 0 Å². The highest BCUT2D eigenvalue weighted by molar-refractivity contribution is 4.93. The molecule has 15 heavy (non-hydrogen) atoms. The fourth-order valence-corrected chi connectivity index (χ4v) is 3.89. The topological polar surface area (TPSA) is 3.24 Å². The molecule has 0 amide bonds. The van der Waals surface area contributed by atoms with Gasteiger partial charge in [-0.05, 0) is 51.0 Å². The molecule has 0 aromatic rings. The lowest BCUT2D eigenvalue weighted by molar-refractivity contribution is 0.0646. The Labute approximate surface area is 95.2 Å². The van der Waals surface area contributed by atoms with Crippen LogP contribution in [0.25, 0.3) is 0 Å². The Kier molecular flexibility index (Phi) is 4.07. The van der Waals surface area contributed by atoms with E-state index in [-0.39, 0.29) is 0 Å². The molecule has 2 heterocycles. The van der Waals surface area contributed by atoms with E-state index in [1.807, 2.05) is 0 Å². The number of piperidine rings is 1. The van der Waals surface area contributed by atoms with Crippen LogP contribution in [-0.2, 0) is 0 Å². The first-order valence-electron chi connectivity index (χ1n) is 7.12. The molecule has 3 unspecified atom stereocenters. The molecule has 0 saturated carbocycles. The molecule has 0 spiro atoms. The van der Waals surface area contributed by atoms with Crippen LogP contribution in [0, 0.1) is 5.92 Å². The van der Waals surface area contributed by atoms with Crippen molar-refractivity contribution in [2.45, 2.75) is 77.3 Å². The molecule has 2 aliphatic heterocycles. The Balaban J connectivity index is 1.96. The van der Waals surface area contributed by atoms with Crippen LogP contribution in [0.1, 0.15) is 65.2 Å². The van der Waals surface area contributed by atoms with Gasteiger partial charge in [0, 0.05) is 12.1 Å². The molecule has 0 radical (unpaired) electrons. The van der Waals surface area contributed by atoms with E-state index in [9.17, 15) is 0 Å². The molecule has 2 rings (SSSR count). The molecule has 2 aliphatic rings. The van der Waals surface area contributed by atoms with Crippen LogP contribution in [0.5, 0.6) is 0 Å². The summed E-state index contributed by atoms with van der Waals surface area (Å²) in [5.41, 5.74) is 0. The largest absolute Gasteiger partial charge is 0.297 e. The minimum Gasteiger partial charge on any atom is -0.297 e. The Hall–Kier alpha value is -0.0400. The lowest BCUT2D eigenvalue weighted by Crippen LogP contribution is -2.47. The molecule has 0 N–H and O–H groups in total. The molecule has 1 heteroatoms. The average molecular weight is 209 g/mol. The van der Waals surface area contributed by atoms with E-state index in [4.69, 9.17) is 0 Å². The van der Waals surface area contributed by atoms with Crippen molar-refractivity contribution in [3.63, 3.8) is 0 Å². The van der Waals surface area contributed by atoms with Crippen LogP contribution in [0.4, 0.5) is 0 Å².